The Bertz CT molecular complexity index is 663. The summed E-state index contributed by atoms with van der Waals surface area (Å²) < 4.78 is 22.3. The van der Waals surface area contributed by atoms with E-state index in [9.17, 15) is 13.6 Å². The molecule has 0 radical (unpaired) electrons. The van der Waals surface area contributed by atoms with Crippen molar-refractivity contribution >= 4 is 12.1 Å². The second-order valence-corrected chi connectivity index (χ2v) is 5.55. The van der Waals surface area contributed by atoms with Gasteiger partial charge in [0.05, 0.1) is 5.69 Å². The van der Waals surface area contributed by atoms with Gasteiger partial charge in [-0.3, -0.25) is 9.78 Å². The Labute approximate surface area is 134 Å². The van der Waals surface area contributed by atoms with Crippen molar-refractivity contribution in [2.75, 3.05) is 5.32 Å². The summed E-state index contributed by atoms with van der Waals surface area (Å²) >= 11 is 0. The Balaban J connectivity index is 0.000000326. The van der Waals surface area contributed by atoms with E-state index in [4.69, 9.17) is 0 Å². The summed E-state index contributed by atoms with van der Waals surface area (Å²) in [7, 11) is 0. The van der Waals surface area contributed by atoms with E-state index in [-0.39, 0.29) is 12.8 Å². The molecule has 1 saturated carbocycles. The normalized spacial score (nSPS) is 14.4. The third kappa shape index (κ3) is 5.13. The van der Waals surface area contributed by atoms with Gasteiger partial charge in [-0.2, -0.15) is 0 Å². The molecule has 0 spiro atoms. The van der Waals surface area contributed by atoms with Gasteiger partial charge in [-0.1, -0.05) is 19.1 Å². The maximum atomic E-state index is 11.1. The van der Waals surface area contributed by atoms with Crippen LogP contribution in [0.15, 0.2) is 36.5 Å². The van der Waals surface area contributed by atoms with Crippen LogP contribution in [0.1, 0.15) is 30.9 Å². The zero-order valence-electron chi connectivity index (χ0n) is 13.3. The first-order chi connectivity index (χ1) is 10.9. The van der Waals surface area contributed by atoms with Crippen LogP contribution in [0.25, 0.3) is 11.3 Å². The van der Waals surface area contributed by atoms with Gasteiger partial charge in [0.25, 0.3) is 0 Å². The number of carbonyl (C=O) groups is 1. The number of halogens is 2. The highest BCUT2D eigenvalue weighted by Gasteiger charge is 2.43. The Morgan fingerprint density at radius 2 is 1.96 bits per heavy atom. The summed E-state index contributed by atoms with van der Waals surface area (Å²) in [6, 6.07) is 9.91. The number of nitrogens with zero attached hydrogens (tertiary/aromatic N) is 1. The first-order valence-electron chi connectivity index (χ1n) is 7.59. The largest absolute Gasteiger partial charge is 0.329 e. The Morgan fingerprint density at radius 3 is 2.43 bits per heavy atom. The smallest absolute Gasteiger partial charge is 0.248 e. The van der Waals surface area contributed by atoms with Crippen molar-refractivity contribution in [2.24, 2.45) is 0 Å². The van der Waals surface area contributed by atoms with Gasteiger partial charge in [0, 0.05) is 30.3 Å². The monoisotopic (exact) mass is 318 g/mol. The van der Waals surface area contributed by atoms with Crippen molar-refractivity contribution in [3.05, 3.63) is 47.7 Å². The van der Waals surface area contributed by atoms with Crippen LogP contribution in [-0.2, 0) is 11.2 Å². The van der Waals surface area contributed by atoms with E-state index in [1.807, 2.05) is 37.4 Å². The number of pyridine rings is 1. The number of carbonyl (C=O) groups excluding carboxylic acids is 1. The average molecular weight is 318 g/mol. The minimum absolute atomic E-state index is 0.118. The summed E-state index contributed by atoms with van der Waals surface area (Å²) in [6.45, 7) is 4.14. The molecule has 1 aromatic carbocycles. The van der Waals surface area contributed by atoms with Crippen molar-refractivity contribution in [1.82, 2.24) is 4.98 Å². The van der Waals surface area contributed by atoms with Crippen LogP contribution < -0.4 is 5.32 Å². The number of nitrogens with one attached hydrogen (secondary N) is 1. The quantitative estimate of drug-likeness (QED) is 0.837. The van der Waals surface area contributed by atoms with Gasteiger partial charge in [-0.15, -0.1) is 0 Å². The fourth-order valence-electron chi connectivity index (χ4n) is 1.94. The highest BCUT2D eigenvalue weighted by molar-refractivity contribution is 5.76. The molecule has 1 fully saturated rings. The molecule has 1 aliphatic rings. The van der Waals surface area contributed by atoms with E-state index in [1.54, 1.807) is 0 Å². The maximum absolute atomic E-state index is 11.1. The van der Waals surface area contributed by atoms with Gasteiger partial charge in [0.1, 0.15) is 0 Å². The van der Waals surface area contributed by atoms with Crippen molar-refractivity contribution < 1.29 is 13.6 Å². The number of alkyl halides is 2. The Morgan fingerprint density at radius 1 is 1.26 bits per heavy atom. The number of rotatable bonds is 4. The highest BCUT2D eigenvalue weighted by atomic mass is 19.3. The summed E-state index contributed by atoms with van der Waals surface area (Å²) in [6.07, 6.45) is 3.80. The molecule has 2 aromatic rings. The molecule has 0 atom stereocenters. The fraction of sp³-hybridized carbons (Fsp3) is 0.333. The fourth-order valence-corrected chi connectivity index (χ4v) is 1.94. The zero-order valence-corrected chi connectivity index (χ0v) is 13.3. The van der Waals surface area contributed by atoms with Crippen LogP contribution in [0, 0.1) is 6.92 Å². The molecule has 1 amide bonds. The highest BCUT2D eigenvalue weighted by Crippen LogP contribution is 2.40. The molecule has 3 nitrogen and oxygen atoms in total. The minimum atomic E-state index is -2.25. The molecule has 1 heterocycles. The lowest BCUT2D eigenvalue weighted by Gasteiger charge is -2.08. The lowest BCUT2D eigenvalue weighted by molar-refractivity contribution is -0.105. The van der Waals surface area contributed by atoms with E-state index >= 15 is 0 Å². The number of aromatic nitrogens is 1. The molecule has 0 bridgehead atoms. The summed E-state index contributed by atoms with van der Waals surface area (Å²) in [5.41, 5.74) is 5.12. The van der Waals surface area contributed by atoms with Crippen molar-refractivity contribution in [2.45, 2.75) is 39.0 Å². The van der Waals surface area contributed by atoms with Crippen LogP contribution in [0.4, 0.5) is 14.5 Å². The van der Waals surface area contributed by atoms with Gasteiger partial charge in [0.2, 0.25) is 12.3 Å². The van der Waals surface area contributed by atoms with Gasteiger partial charge in [0.15, 0.2) is 0 Å². The van der Waals surface area contributed by atoms with Crippen LogP contribution >= 0.6 is 0 Å². The van der Waals surface area contributed by atoms with Gasteiger partial charge < -0.3 is 5.32 Å². The Hall–Kier alpha value is -2.30. The van der Waals surface area contributed by atoms with Crippen LogP contribution in [0.3, 0.4) is 0 Å². The predicted molar refractivity (Wildman–Crippen MR) is 87.7 cm³/mol. The first kappa shape index (κ1) is 17.1. The topological polar surface area (TPSA) is 42.0 Å². The molecule has 0 unspecified atom stereocenters. The lowest BCUT2D eigenvalue weighted by atomic mass is 10.0. The van der Waals surface area contributed by atoms with Crippen LogP contribution in [0.2, 0.25) is 0 Å². The molecule has 23 heavy (non-hydrogen) atoms. The van der Waals surface area contributed by atoms with Crippen molar-refractivity contribution in [1.29, 1.82) is 0 Å². The van der Waals surface area contributed by atoms with Crippen molar-refractivity contribution in [3.8, 4) is 11.3 Å². The number of benzene rings is 1. The molecular formula is C18H20F2N2O. The number of aryl methyl sites for hydroxylation is 2. The second kappa shape index (κ2) is 7.31. The molecule has 5 heteroatoms. The third-order valence-electron chi connectivity index (χ3n) is 3.60. The van der Waals surface area contributed by atoms with Crippen molar-refractivity contribution in [3.63, 3.8) is 0 Å². The molecule has 1 aromatic heterocycles. The SMILES string of the molecule is CCc1ccc(-c2cc(NC=O)ccc2C)nc1.FC1(F)CC1. The molecular weight excluding hydrogens is 298 g/mol. The standard InChI is InChI=1S/C15H16N2O.C3H4F2/c1-3-12-5-7-15(16-9-12)14-8-13(17-10-18)6-4-11(14)2;4-3(5)1-2-3/h4-10H,3H2,1-2H3,(H,17,18);1-2H2. The number of anilines is 1. The molecule has 3 rings (SSSR count). The first-order valence-corrected chi connectivity index (χ1v) is 7.59. The number of hydrogen-bond donors (Lipinski definition) is 1. The van der Waals surface area contributed by atoms with Crippen LogP contribution in [0.5, 0.6) is 0 Å². The molecule has 1 aliphatic carbocycles. The van der Waals surface area contributed by atoms with E-state index in [0.717, 1.165) is 28.9 Å². The maximum Gasteiger partial charge on any atom is 0.248 e. The predicted octanol–water partition coefficient (Wildman–Crippen LogP) is 4.60. The molecule has 0 aliphatic heterocycles. The summed E-state index contributed by atoms with van der Waals surface area (Å²) in [5, 5.41) is 2.66. The number of hydrogen-bond acceptors (Lipinski definition) is 2. The average Bonchev–Trinajstić information content (AvgIpc) is 3.25. The summed E-state index contributed by atoms with van der Waals surface area (Å²) in [5.74, 6) is -2.25. The zero-order chi connectivity index (χ0) is 16.9. The lowest BCUT2D eigenvalue weighted by Crippen LogP contribution is -1.95. The molecule has 1 N–H and O–H groups in total. The number of amides is 1. The van der Waals surface area contributed by atoms with E-state index in [1.165, 1.54) is 5.56 Å². The second-order valence-electron chi connectivity index (χ2n) is 5.55. The summed E-state index contributed by atoms with van der Waals surface area (Å²) in [4.78, 5) is 14.9. The van der Waals surface area contributed by atoms with Gasteiger partial charge in [-0.05, 0) is 42.7 Å². The van der Waals surface area contributed by atoms with Gasteiger partial charge >= 0.3 is 0 Å². The van der Waals surface area contributed by atoms with E-state index in [2.05, 4.69) is 23.3 Å². The van der Waals surface area contributed by atoms with E-state index < -0.39 is 5.92 Å². The third-order valence-corrected chi connectivity index (χ3v) is 3.60. The van der Waals surface area contributed by atoms with E-state index in [0.29, 0.717) is 6.41 Å². The van der Waals surface area contributed by atoms with Gasteiger partial charge in [-0.25, -0.2) is 8.78 Å². The molecule has 0 saturated heterocycles. The minimum Gasteiger partial charge on any atom is -0.329 e. The molecule has 122 valence electrons. The van der Waals surface area contributed by atoms with Crippen LogP contribution in [-0.4, -0.2) is 17.3 Å². The Kier molecular flexibility index (Phi) is 5.42.